The first kappa shape index (κ1) is 11.5. The summed E-state index contributed by atoms with van der Waals surface area (Å²) >= 11 is 2.71. The molecular formula is C11H10N4OS2. The summed E-state index contributed by atoms with van der Waals surface area (Å²) in [5.74, 6) is 0.640. The maximum atomic E-state index is 12.0. The van der Waals surface area contributed by atoms with Crippen molar-refractivity contribution in [1.82, 2.24) is 18.7 Å². The van der Waals surface area contributed by atoms with Gasteiger partial charge in [0.05, 0.1) is 35.4 Å². The van der Waals surface area contributed by atoms with E-state index in [1.54, 1.807) is 17.5 Å². The molecule has 0 aliphatic rings. The van der Waals surface area contributed by atoms with Gasteiger partial charge in [-0.05, 0) is 19.4 Å². The van der Waals surface area contributed by atoms with Gasteiger partial charge in [-0.1, -0.05) is 0 Å². The Morgan fingerprint density at radius 3 is 2.94 bits per heavy atom. The molecule has 0 amide bonds. The van der Waals surface area contributed by atoms with E-state index in [-0.39, 0.29) is 5.56 Å². The number of nitrogens with zero attached hydrogens (tertiary/aromatic N) is 3. The van der Waals surface area contributed by atoms with Crippen molar-refractivity contribution in [3.05, 3.63) is 38.5 Å². The van der Waals surface area contributed by atoms with E-state index in [9.17, 15) is 4.79 Å². The summed E-state index contributed by atoms with van der Waals surface area (Å²) in [4.78, 5) is 21.3. The molecule has 18 heavy (non-hydrogen) atoms. The fraction of sp³-hybridized carbons (Fsp3) is 0.273. The van der Waals surface area contributed by atoms with Gasteiger partial charge in [0.2, 0.25) is 0 Å². The summed E-state index contributed by atoms with van der Waals surface area (Å²) in [5, 5.41) is 0.706. The lowest BCUT2D eigenvalue weighted by Crippen LogP contribution is -2.11. The molecular weight excluding hydrogens is 268 g/mol. The fourth-order valence-corrected chi connectivity index (χ4v) is 3.30. The van der Waals surface area contributed by atoms with Crippen LogP contribution in [0.2, 0.25) is 0 Å². The summed E-state index contributed by atoms with van der Waals surface area (Å²) < 4.78 is 8.05. The number of hydrogen-bond donors (Lipinski definition) is 1. The number of nitrogens with one attached hydrogen (secondary N) is 1. The summed E-state index contributed by atoms with van der Waals surface area (Å²) in [5.41, 5.74) is 1.78. The molecule has 0 fully saturated rings. The minimum Gasteiger partial charge on any atom is -0.310 e. The van der Waals surface area contributed by atoms with Crippen LogP contribution in [0.1, 0.15) is 22.0 Å². The Balaban J connectivity index is 2.13. The standard InChI is InChI=1S/C11H10N4OS2/c1-5-6(2)17-11-9(5)10(16)13-8(14-11)3-7-4-12-18-15-7/h4H,3H2,1-2H3,(H,13,14,16). The highest BCUT2D eigenvalue weighted by atomic mass is 32.1. The molecule has 3 aromatic heterocycles. The molecule has 3 heterocycles. The minimum absolute atomic E-state index is 0.0694. The van der Waals surface area contributed by atoms with Crippen molar-refractivity contribution in [2.24, 2.45) is 0 Å². The molecule has 7 heteroatoms. The number of fused-ring (bicyclic) bond motifs is 1. The molecule has 3 rings (SSSR count). The van der Waals surface area contributed by atoms with Crippen LogP contribution in [0.3, 0.4) is 0 Å². The van der Waals surface area contributed by atoms with Crippen molar-refractivity contribution in [3.8, 4) is 0 Å². The van der Waals surface area contributed by atoms with Gasteiger partial charge in [-0.15, -0.1) is 11.3 Å². The molecule has 1 N–H and O–H groups in total. The van der Waals surface area contributed by atoms with E-state index >= 15 is 0 Å². The zero-order valence-corrected chi connectivity index (χ0v) is 11.5. The highest BCUT2D eigenvalue weighted by molar-refractivity contribution is 7.18. The molecule has 0 radical (unpaired) electrons. The lowest BCUT2D eigenvalue weighted by Gasteiger charge is -1.98. The molecule has 0 aliphatic carbocycles. The second-order valence-corrected chi connectivity index (χ2v) is 5.81. The molecule has 3 aromatic rings. The van der Waals surface area contributed by atoms with E-state index in [4.69, 9.17) is 0 Å². The highest BCUT2D eigenvalue weighted by Crippen LogP contribution is 2.25. The van der Waals surface area contributed by atoms with E-state index in [1.807, 2.05) is 13.8 Å². The lowest BCUT2D eigenvalue weighted by molar-refractivity contribution is 0.957. The third kappa shape index (κ3) is 1.85. The Kier molecular flexibility index (Phi) is 2.71. The van der Waals surface area contributed by atoms with Crippen molar-refractivity contribution in [2.45, 2.75) is 20.3 Å². The van der Waals surface area contributed by atoms with Crippen LogP contribution in [0.5, 0.6) is 0 Å². The average Bonchev–Trinajstić information content (AvgIpc) is 2.89. The van der Waals surface area contributed by atoms with E-state index in [1.165, 1.54) is 0 Å². The fourth-order valence-electron chi connectivity index (χ4n) is 1.82. The van der Waals surface area contributed by atoms with Gasteiger partial charge in [0.15, 0.2) is 0 Å². The number of hydrogen-bond acceptors (Lipinski definition) is 6. The minimum atomic E-state index is -0.0694. The largest absolute Gasteiger partial charge is 0.310 e. The number of thiophene rings is 1. The van der Waals surface area contributed by atoms with Crippen molar-refractivity contribution in [1.29, 1.82) is 0 Å². The van der Waals surface area contributed by atoms with Gasteiger partial charge in [0.25, 0.3) is 5.56 Å². The van der Waals surface area contributed by atoms with E-state index in [0.29, 0.717) is 17.6 Å². The maximum Gasteiger partial charge on any atom is 0.259 e. The predicted molar refractivity (Wildman–Crippen MR) is 72.4 cm³/mol. The second kappa shape index (κ2) is 4.25. The monoisotopic (exact) mass is 278 g/mol. The van der Waals surface area contributed by atoms with E-state index < -0.39 is 0 Å². The maximum absolute atomic E-state index is 12.0. The first-order valence-corrected chi connectivity index (χ1v) is 6.95. The van der Waals surface area contributed by atoms with Gasteiger partial charge in [0, 0.05) is 4.88 Å². The number of aromatic amines is 1. The molecule has 5 nitrogen and oxygen atoms in total. The summed E-state index contributed by atoms with van der Waals surface area (Å²) in [6.07, 6.45) is 2.21. The van der Waals surface area contributed by atoms with Gasteiger partial charge in [-0.3, -0.25) is 4.79 Å². The Morgan fingerprint density at radius 2 is 2.22 bits per heavy atom. The highest BCUT2D eigenvalue weighted by Gasteiger charge is 2.12. The third-order valence-corrected chi connectivity index (χ3v) is 4.46. The van der Waals surface area contributed by atoms with Gasteiger partial charge in [0.1, 0.15) is 10.7 Å². The topological polar surface area (TPSA) is 71.5 Å². The molecule has 0 bridgehead atoms. The van der Waals surface area contributed by atoms with E-state index in [0.717, 1.165) is 32.7 Å². The van der Waals surface area contributed by atoms with Crippen LogP contribution in [-0.2, 0) is 6.42 Å². The third-order valence-electron chi connectivity index (χ3n) is 2.84. The quantitative estimate of drug-likeness (QED) is 0.778. The Hall–Kier alpha value is -1.60. The Morgan fingerprint density at radius 1 is 1.39 bits per heavy atom. The molecule has 0 atom stereocenters. The first-order valence-electron chi connectivity index (χ1n) is 5.40. The first-order chi connectivity index (χ1) is 8.65. The average molecular weight is 278 g/mol. The predicted octanol–water partition coefficient (Wildman–Crippen LogP) is 2.04. The van der Waals surface area contributed by atoms with Gasteiger partial charge < -0.3 is 4.98 Å². The molecule has 0 saturated carbocycles. The Bertz CT molecular complexity index is 757. The van der Waals surface area contributed by atoms with Gasteiger partial charge in [-0.25, -0.2) is 4.98 Å². The lowest BCUT2D eigenvalue weighted by atomic mass is 10.2. The molecule has 0 saturated heterocycles. The van der Waals surface area contributed by atoms with Crippen LogP contribution >= 0.6 is 23.1 Å². The van der Waals surface area contributed by atoms with Crippen molar-refractivity contribution >= 4 is 33.3 Å². The van der Waals surface area contributed by atoms with Crippen LogP contribution in [0, 0.1) is 13.8 Å². The van der Waals surface area contributed by atoms with Gasteiger partial charge in [-0.2, -0.15) is 8.75 Å². The summed E-state index contributed by atoms with van der Waals surface area (Å²) in [6.45, 7) is 3.96. The van der Waals surface area contributed by atoms with Crippen LogP contribution in [0.15, 0.2) is 11.0 Å². The SMILES string of the molecule is Cc1sc2nc(Cc3cnsn3)[nH]c(=O)c2c1C. The number of aromatic nitrogens is 4. The van der Waals surface area contributed by atoms with Crippen LogP contribution in [0.25, 0.3) is 10.2 Å². The normalized spacial score (nSPS) is 11.2. The Labute approximate surface area is 111 Å². The molecule has 92 valence electrons. The van der Waals surface area contributed by atoms with Crippen molar-refractivity contribution in [2.75, 3.05) is 0 Å². The van der Waals surface area contributed by atoms with Crippen LogP contribution in [-0.4, -0.2) is 18.7 Å². The molecule has 0 aliphatic heterocycles. The van der Waals surface area contributed by atoms with Crippen LogP contribution in [0.4, 0.5) is 0 Å². The second-order valence-electron chi connectivity index (χ2n) is 4.05. The van der Waals surface area contributed by atoms with E-state index in [2.05, 4.69) is 18.7 Å². The summed E-state index contributed by atoms with van der Waals surface area (Å²) in [7, 11) is 0. The van der Waals surface area contributed by atoms with Gasteiger partial charge >= 0.3 is 0 Å². The zero-order chi connectivity index (χ0) is 12.7. The number of rotatable bonds is 2. The number of H-pyrrole nitrogens is 1. The molecule has 0 aromatic carbocycles. The summed E-state index contributed by atoms with van der Waals surface area (Å²) in [6, 6.07) is 0. The smallest absolute Gasteiger partial charge is 0.259 e. The van der Waals surface area contributed by atoms with Crippen molar-refractivity contribution < 1.29 is 0 Å². The zero-order valence-electron chi connectivity index (χ0n) is 9.85. The van der Waals surface area contributed by atoms with Crippen LogP contribution < -0.4 is 5.56 Å². The van der Waals surface area contributed by atoms with Crippen molar-refractivity contribution in [3.63, 3.8) is 0 Å². The molecule has 0 unspecified atom stereocenters. The number of aryl methyl sites for hydroxylation is 2. The molecule has 0 spiro atoms.